The summed E-state index contributed by atoms with van der Waals surface area (Å²) >= 11 is 0. The van der Waals surface area contributed by atoms with Gasteiger partial charge in [0.25, 0.3) is 0 Å². The van der Waals surface area contributed by atoms with Crippen LogP contribution in [0.15, 0.2) is 144 Å². The van der Waals surface area contributed by atoms with Crippen LogP contribution in [0.2, 0.25) is 0 Å². The maximum Gasteiger partial charge on any atom is 0.228 e. The van der Waals surface area contributed by atoms with Crippen LogP contribution < -0.4 is 0 Å². The van der Waals surface area contributed by atoms with E-state index in [0.717, 1.165) is 82.7 Å². The summed E-state index contributed by atoms with van der Waals surface area (Å²) in [6, 6.07) is 48.0. The van der Waals surface area contributed by atoms with E-state index in [-0.39, 0.29) is 0 Å². The third-order valence-corrected chi connectivity index (χ3v) is 8.26. The fourth-order valence-corrected chi connectivity index (χ4v) is 6.21. The molecule has 0 spiro atoms. The van der Waals surface area contributed by atoms with Gasteiger partial charge >= 0.3 is 0 Å². The van der Waals surface area contributed by atoms with E-state index >= 15 is 0 Å². The van der Waals surface area contributed by atoms with Crippen LogP contribution in [-0.2, 0) is 0 Å². The molecule has 4 nitrogen and oxygen atoms in total. The molecular weight excluding hydrogens is 526 g/mol. The average Bonchev–Trinajstić information content (AvgIpc) is 3.45. The summed E-state index contributed by atoms with van der Waals surface area (Å²) < 4.78 is 6.24. The molecule has 200 valence electrons. The van der Waals surface area contributed by atoms with Crippen LogP contribution in [0.3, 0.4) is 0 Å². The molecule has 0 saturated heterocycles. The first-order valence-corrected chi connectivity index (χ1v) is 14.4. The topological polar surface area (TPSA) is 51.8 Å². The van der Waals surface area contributed by atoms with Gasteiger partial charge in [-0.3, -0.25) is 0 Å². The van der Waals surface area contributed by atoms with Crippen LogP contribution in [-0.4, -0.2) is 15.0 Å². The van der Waals surface area contributed by atoms with Gasteiger partial charge in [0.2, 0.25) is 5.71 Å². The van der Waals surface area contributed by atoms with Crippen LogP contribution >= 0.6 is 0 Å². The first kappa shape index (κ1) is 23.8. The van der Waals surface area contributed by atoms with Crippen molar-refractivity contribution < 1.29 is 4.42 Å². The molecule has 0 fully saturated rings. The van der Waals surface area contributed by atoms with E-state index in [2.05, 4.69) is 91.0 Å². The number of furan rings is 1. The molecule has 0 bridgehead atoms. The number of pyridine rings is 3. The number of para-hydroxylation sites is 2. The van der Waals surface area contributed by atoms with Crippen molar-refractivity contribution in [2.45, 2.75) is 0 Å². The predicted octanol–water partition coefficient (Wildman–Crippen LogP) is 10.2. The maximum absolute atomic E-state index is 6.24. The van der Waals surface area contributed by atoms with Crippen molar-refractivity contribution in [1.29, 1.82) is 0 Å². The highest BCUT2D eigenvalue weighted by Gasteiger charge is 2.18. The van der Waals surface area contributed by atoms with Crippen LogP contribution in [0.1, 0.15) is 0 Å². The van der Waals surface area contributed by atoms with Crippen LogP contribution in [0.4, 0.5) is 0 Å². The zero-order valence-electron chi connectivity index (χ0n) is 23.0. The Morgan fingerprint density at radius 1 is 0.442 bits per heavy atom. The molecule has 43 heavy (non-hydrogen) atoms. The Labute approximate surface area is 246 Å². The second kappa shape index (κ2) is 9.33. The van der Waals surface area contributed by atoms with Gasteiger partial charge in [0.15, 0.2) is 0 Å². The van der Waals surface area contributed by atoms with Crippen molar-refractivity contribution in [1.82, 2.24) is 15.0 Å². The van der Waals surface area contributed by atoms with Gasteiger partial charge in [0.05, 0.1) is 33.3 Å². The van der Waals surface area contributed by atoms with Crippen LogP contribution in [0.5, 0.6) is 0 Å². The highest BCUT2D eigenvalue weighted by molar-refractivity contribution is 6.18. The lowest BCUT2D eigenvalue weighted by Crippen LogP contribution is -1.92. The second-order valence-electron chi connectivity index (χ2n) is 10.8. The summed E-state index contributed by atoms with van der Waals surface area (Å²) in [4.78, 5) is 15.2. The molecule has 5 aromatic carbocycles. The molecule has 0 saturated carbocycles. The number of aromatic nitrogens is 3. The smallest absolute Gasteiger partial charge is 0.228 e. The lowest BCUT2D eigenvalue weighted by atomic mass is 9.94. The molecule has 0 radical (unpaired) electrons. The van der Waals surface area contributed by atoms with Crippen LogP contribution in [0.25, 0.3) is 88.4 Å². The van der Waals surface area contributed by atoms with Gasteiger partial charge in [-0.15, -0.1) is 0 Å². The van der Waals surface area contributed by atoms with E-state index in [1.807, 2.05) is 48.5 Å². The van der Waals surface area contributed by atoms with E-state index in [4.69, 9.17) is 19.4 Å². The lowest BCUT2D eigenvalue weighted by Gasteiger charge is -2.11. The Hall–Kier alpha value is -5.87. The molecule has 0 amide bonds. The van der Waals surface area contributed by atoms with Crippen molar-refractivity contribution in [3.05, 3.63) is 140 Å². The Balaban J connectivity index is 1.26. The fourth-order valence-electron chi connectivity index (χ4n) is 6.21. The molecule has 0 unspecified atom stereocenters. The minimum absolute atomic E-state index is 0.649. The molecule has 0 aliphatic carbocycles. The molecule has 9 rings (SSSR count). The summed E-state index contributed by atoms with van der Waals surface area (Å²) in [6.45, 7) is 0. The molecule has 0 aliphatic heterocycles. The molecule has 9 aromatic rings. The van der Waals surface area contributed by atoms with Gasteiger partial charge in [-0.25, -0.2) is 15.0 Å². The normalized spacial score (nSPS) is 11.7. The third kappa shape index (κ3) is 3.81. The number of rotatable bonds is 3. The van der Waals surface area contributed by atoms with Crippen molar-refractivity contribution in [2.75, 3.05) is 0 Å². The summed E-state index contributed by atoms with van der Waals surface area (Å²) in [6.07, 6.45) is 0. The number of nitrogens with zero attached hydrogens (tertiary/aromatic N) is 3. The lowest BCUT2D eigenvalue weighted by molar-refractivity contribution is 0.656. The Bertz CT molecular complexity index is 2510. The summed E-state index contributed by atoms with van der Waals surface area (Å²) in [5, 5.41) is 5.32. The zero-order valence-corrected chi connectivity index (χ0v) is 23.0. The monoisotopic (exact) mass is 549 g/mol. The molecule has 4 aromatic heterocycles. The van der Waals surface area contributed by atoms with E-state index in [0.29, 0.717) is 5.71 Å². The number of hydrogen-bond donors (Lipinski definition) is 0. The minimum Gasteiger partial charge on any atom is -0.438 e. The summed E-state index contributed by atoms with van der Waals surface area (Å²) in [7, 11) is 0. The van der Waals surface area contributed by atoms with Crippen molar-refractivity contribution in [2.24, 2.45) is 0 Å². The van der Waals surface area contributed by atoms with Gasteiger partial charge in [0.1, 0.15) is 5.58 Å². The quantitative estimate of drug-likeness (QED) is 0.206. The van der Waals surface area contributed by atoms with Gasteiger partial charge in [0, 0.05) is 38.2 Å². The minimum atomic E-state index is 0.649. The average molecular weight is 550 g/mol. The first-order valence-electron chi connectivity index (χ1n) is 14.4. The van der Waals surface area contributed by atoms with Crippen LogP contribution in [0, 0.1) is 0 Å². The number of fused-ring (bicyclic) bond motifs is 7. The molecule has 4 heteroatoms. The van der Waals surface area contributed by atoms with Gasteiger partial charge in [-0.05, 0) is 35.9 Å². The fraction of sp³-hybridized carbons (Fsp3) is 0. The van der Waals surface area contributed by atoms with Gasteiger partial charge in [-0.1, -0.05) is 109 Å². The highest BCUT2D eigenvalue weighted by atomic mass is 16.3. The predicted molar refractivity (Wildman–Crippen MR) is 176 cm³/mol. The molecule has 0 N–H and O–H groups in total. The standard InChI is InChI=1S/C39H23N3O/c1-2-9-24(10-3-1)31-21-19-25-17-18-26-20-22-32(41-38(26)37(25)40-31)27-11-8-12-28(23-27)35-29-13-4-6-15-33(29)42-39-36(35)30-14-5-7-16-34(30)43-39/h1-23H. The zero-order chi connectivity index (χ0) is 28.3. The van der Waals surface area contributed by atoms with Gasteiger partial charge in [-0.2, -0.15) is 0 Å². The maximum atomic E-state index is 6.24. The summed E-state index contributed by atoms with van der Waals surface area (Å²) in [5.41, 5.74) is 10.4. The van der Waals surface area contributed by atoms with Crippen molar-refractivity contribution >= 4 is 54.8 Å². The highest BCUT2D eigenvalue weighted by Crippen LogP contribution is 2.41. The van der Waals surface area contributed by atoms with Gasteiger partial charge < -0.3 is 4.42 Å². The Morgan fingerprint density at radius 3 is 1.84 bits per heavy atom. The van der Waals surface area contributed by atoms with E-state index in [1.54, 1.807) is 0 Å². The largest absolute Gasteiger partial charge is 0.438 e. The summed E-state index contributed by atoms with van der Waals surface area (Å²) in [5.74, 6) is 0. The second-order valence-corrected chi connectivity index (χ2v) is 10.8. The Kier molecular flexibility index (Phi) is 5.16. The van der Waals surface area contributed by atoms with E-state index in [1.165, 1.54) is 0 Å². The first-order chi connectivity index (χ1) is 21.3. The molecular formula is C39H23N3O. The Morgan fingerprint density at radius 2 is 1.05 bits per heavy atom. The number of hydrogen-bond acceptors (Lipinski definition) is 4. The van der Waals surface area contributed by atoms with Crippen molar-refractivity contribution in [3.8, 4) is 33.6 Å². The van der Waals surface area contributed by atoms with E-state index in [9.17, 15) is 0 Å². The molecule has 0 atom stereocenters. The molecule has 4 heterocycles. The SMILES string of the molecule is c1ccc(-c2ccc3ccc4ccc(-c5cccc(-c6c7ccccc7nc7oc8ccccc8c67)c5)nc4c3n2)cc1. The number of benzene rings is 5. The van der Waals surface area contributed by atoms with E-state index < -0.39 is 0 Å². The van der Waals surface area contributed by atoms with Crippen molar-refractivity contribution in [3.63, 3.8) is 0 Å². The molecule has 0 aliphatic rings. The third-order valence-electron chi connectivity index (χ3n) is 8.26.